The predicted molar refractivity (Wildman–Crippen MR) is 47.1 cm³/mol. The minimum atomic E-state index is -5.24. The van der Waals surface area contributed by atoms with Crippen molar-refractivity contribution in [3.05, 3.63) is 17.5 Å². The molecule has 0 fully saturated rings. The first-order chi connectivity index (χ1) is 8.04. The van der Waals surface area contributed by atoms with Crippen LogP contribution in [0.1, 0.15) is 11.4 Å². The lowest BCUT2D eigenvalue weighted by molar-refractivity contribution is -0.275. The topological polar surface area (TPSA) is 42.4 Å². The minimum Gasteiger partial charge on any atom is -0.503 e. The van der Waals surface area contributed by atoms with Gasteiger partial charge >= 0.3 is 12.5 Å². The maximum atomic E-state index is 12.4. The van der Waals surface area contributed by atoms with E-state index in [0.29, 0.717) is 6.07 Å². The molecule has 1 aromatic rings. The number of nitrogens with zero attached hydrogens (tertiary/aromatic N) is 1. The highest BCUT2D eigenvalue weighted by Gasteiger charge is 2.40. The molecule has 1 N–H and O–H groups in total. The molecule has 0 aliphatic carbocycles. The van der Waals surface area contributed by atoms with Crippen LogP contribution in [0.3, 0.4) is 0 Å². The van der Waals surface area contributed by atoms with Gasteiger partial charge in [-0.3, -0.25) is 0 Å². The number of rotatable bonds is 2. The standard InChI is InChI=1S/C8H4ClF6NO2/c9-2-3-1-4(18-8(13,14)15)5(17)6(16-3)7(10,11)12/h1,17H,2H2. The first kappa shape index (κ1) is 14.7. The first-order valence-corrected chi connectivity index (χ1v) is 4.70. The Labute approximate surface area is 101 Å². The van der Waals surface area contributed by atoms with E-state index < -0.39 is 41.3 Å². The van der Waals surface area contributed by atoms with Crippen molar-refractivity contribution in [2.24, 2.45) is 0 Å². The Hall–Kier alpha value is -1.38. The molecule has 0 unspecified atom stereocenters. The van der Waals surface area contributed by atoms with E-state index >= 15 is 0 Å². The maximum absolute atomic E-state index is 12.4. The normalized spacial score (nSPS) is 12.6. The Balaban J connectivity index is 3.34. The van der Waals surface area contributed by atoms with Crippen LogP contribution in [0.15, 0.2) is 6.07 Å². The average molecular weight is 296 g/mol. The van der Waals surface area contributed by atoms with Crippen LogP contribution in [0.5, 0.6) is 11.5 Å². The van der Waals surface area contributed by atoms with Gasteiger partial charge in [-0.15, -0.1) is 24.8 Å². The lowest BCUT2D eigenvalue weighted by Crippen LogP contribution is -2.19. The minimum absolute atomic E-state index is 0.477. The summed E-state index contributed by atoms with van der Waals surface area (Å²) in [4.78, 5) is 2.90. The van der Waals surface area contributed by atoms with Gasteiger partial charge in [-0.2, -0.15) is 13.2 Å². The number of pyridine rings is 1. The molecule has 0 radical (unpaired) electrons. The summed E-state index contributed by atoms with van der Waals surface area (Å²) in [5.41, 5.74) is -2.40. The van der Waals surface area contributed by atoms with E-state index in [9.17, 15) is 26.3 Å². The third kappa shape index (κ3) is 3.56. The number of halogens is 7. The van der Waals surface area contributed by atoms with Crippen LogP contribution in [0.2, 0.25) is 0 Å². The van der Waals surface area contributed by atoms with Crippen LogP contribution >= 0.6 is 11.6 Å². The third-order valence-corrected chi connectivity index (χ3v) is 1.92. The van der Waals surface area contributed by atoms with E-state index in [0.717, 1.165) is 0 Å². The zero-order valence-corrected chi connectivity index (χ0v) is 8.99. The lowest BCUT2D eigenvalue weighted by atomic mass is 10.2. The van der Waals surface area contributed by atoms with Gasteiger partial charge in [-0.05, 0) is 0 Å². The highest BCUT2D eigenvalue weighted by molar-refractivity contribution is 6.16. The van der Waals surface area contributed by atoms with Crippen molar-refractivity contribution in [1.29, 1.82) is 0 Å². The second-order valence-corrected chi connectivity index (χ2v) is 3.26. The Kier molecular flexibility index (Phi) is 3.84. The van der Waals surface area contributed by atoms with Crippen molar-refractivity contribution in [2.75, 3.05) is 0 Å². The molecule has 10 heteroatoms. The van der Waals surface area contributed by atoms with Crippen LogP contribution < -0.4 is 4.74 Å². The number of aromatic nitrogens is 1. The van der Waals surface area contributed by atoms with Crippen molar-refractivity contribution in [1.82, 2.24) is 4.98 Å². The fourth-order valence-corrected chi connectivity index (χ4v) is 1.17. The summed E-state index contributed by atoms with van der Waals surface area (Å²) in [6, 6.07) is 0.477. The molecule has 0 saturated carbocycles. The second-order valence-electron chi connectivity index (χ2n) is 2.99. The number of ether oxygens (including phenoxy) is 1. The number of aromatic hydroxyl groups is 1. The summed E-state index contributed by atoms with van der Waals surface area (Å²) >= 11 is 5.20. The summed E-state index contributed by atoms with van der Waals surface area (Å²) < 4.78 is 76.1. The number of hydrogen-bond donors (Lipinski definition) is 1. The first-order valence-electron chi connectivity index (χ1n) is 4.16. The van der Waals surface area contributed by atoms with Gasteiger partial charge in [0.15, 0.2) is 17.2 Å². The largest absolute Gasteiger partial charge is 0.573 e. The molecule has 18 heavy (non-hydrogen) atoms. The second kappa shape index (κ2) is 4.71. The van der Waals surface area contributed by atoms with Crippen LogP contribution in [-0.4, -0.2) is 16.5 Å². The number of alkyl halides is 7. The molecule has 3 nitrogen and oxygen atoms in total. The molecule has 0 spiro atoms. The monoisotopic (exact) mass is 295 g/mol. The van der Waals surface area contributed by atoms with E-state index in [1.807, 2.05) is 0 Å². The van der Waals surface area contributed by atoms with E-state index in [1.165, 1.54) is 0 Å². The summed E-state index contributed by atoms with van der Waals surface area (Å²) in [5, 5.41) is 9.06. The molecular formula is C8H4ClF6NO2. The Bertz CT molecular complexity index is 444. The molecule has 1 aromatic heterocycles. The Morgan fingerprint density at radius 3 is 2.17 bits per heavy atom. The molecule has 0 amide bonds. The zero-order valence-electron chi connectivity index (χ0n) is 8.23. The molecule has 0 atom stereocenters. The van der Waals surface area contributed by atoms with Gasteiger partial charge in [0.1, 0.15) is 0 Å². The molecule has 0 aromatic carbocycles. The summed E-state index contributed by atoms with van der Waals surface area (Å²) in [6.45, 7) is 0. The third-order valence-electron chi connectivity index (χ3n) is 1.64. The van der Waals surface area contributed by atoms with E-state index in [1.54, 1.807) is 0 Å². The van der Waals surface area contributed by atoms with Crippen LogP contribution in [0, 0.1) is 0 Å². The van der Waals surface area contributed by atoms with Crippen LogP contribution in [0.25, 0.3) is 0 Å². The predicted octanol–water partition coefficient (Wildman–Crippen LogP) is 3.44. The average Bonchev–Trinajstić information content (AvgIpc) is 2.17. The van der Waals surface area contributed by atoms with Gasteiger partial charge in [0.2, 0.25) is 0 Å². The van der Waals surface area contributed by atoms with Crippen LogP contribution in [0.4, 0.5) is 26.3 Å². The van der Waals surface area contributed by atoms with E-state index in [2.05, 4.69) is 9.72 Å². The summed E-state index contributed by atoms with van der Waals surface area (Å²) in [5.74, 6) is -3.72. The van der Waals surface area contributed by atoms with Gasteiger partial charge in [0, 0.05) is 6.07 Å². The van der Waals surface area contributed by atoms with Crippen molar-refractivity contribution < 1.29 is 36.2 Å². The highest BCUT2D eigenvalue weighted by Crippen LogP contribution is 2.41. The molecule has 0 bridgehead atoms. The van der Waals surface area contributed by atoms with Gasteiger partial charge in [0.05, 0.1) is 11.6 Å². The molecule has 1 rings (SSSR count). The molecule has 102 valence electrons. The quantitative estimate of drug-likeness (QED) is 0.671. The summed E-state index contributed by atoms with van der Waals surface area (Å²) in [6.07, 6.45) is -10.4. The SMILES string of the molecule is Oc1c(OC(F)(F)F)cc(CCl)nc1C(F)(F)F. The molecular weight excluding hydrogens is 292 g/mol. The zero-order chi connectivity index (χ0) is 14.1. The van der Waals surface area contributed by atoms with Crippen LogP contribution in [-0.2, 0) is 12.1 Å². The van der Waals surface area contributed by atoms with E-state index in [4.69, 9.17) is 16.7 Å². The lowest BCUT2D eigenvalue weighted by Gasteiger charge is -2.15. The fourth-order valence-electron chi connectivity index (χ4n) is 1.03. The van der Waals surface area contributed by atoms with E-state index in [-0.39, 0.29) is 0 Å². The van der Waals surface area contributed by atoms with Gasteiger partial charge < -0.3 is 9.84 Å². The van der Waals surface area contributed by atoms with Crippen molar-refractivity contribution >= 4 is 11.6 Å². The molecule has 0 aliphatic heterocycles. The summed E-state index contributed by atoms with van der Waals surface area (Å²) in [7, 11) is 0. The van der Waals surface area contributed by atoms with Crippen molar-refractivity contribution in [3.63, 3.8) is 0 Å². The van der Waals surface area contributed by atoms with Crippen molar-refractivity contribution in [3.8, 4) is 11.5 Å². The fraction of sp³-hybridized carbons (Fsp3) is 0.375. The Morgan fingerprint density at radius 1 is 1.22 bits per heavy atom. The highest BCUT2D eigenvalue weighted by atomic mass is 35.5. The van der Waals surface area contributed by atoms with Crippen molar-refractivity contribution in [2.45, 2.75) is 18.4 Å². The smallest absolute Gasteiger partial charge is 0.503 e. The molecule has 0 aliphatic rings. The van der Waals surface area contributed by atoms with Gasteiger partial charge in [0.25, 0.3) is 0 Å². The van der Waals surface area contributed by atoms with Gasteiger partial charge in [-0.25, -0.2) is 4.98 Å². The Morgan fingerprint density at radius 2 is 1.78 bits per heavy atom. The number of hydrogen-bond acceptors (Lipinski definition) is 3. The molecule has 1 heterocycles. The van der Waals surface area contributed by atoms with Gasteiger partial charge in [-0.1, -0.05) is 0 Å². The maximum Gasteiger partial charge on any atom is 0.573 e. The molecule has 0 saturated heterocycles.